The zero-order valence-electron chi connectivity index (χ0n) is 15.8. The van der Waals surface area contributed by atoms with Crippen LogP contribution in [0.2, 0.25) is 0 Å². The molecule has 0 N–H and O–H groups in total. The van der Waals surface area contributed by atoms with E-state index in [0.29, 0.717) is 26.1 Å². The van der Waals surface area contributed by atoms with Crippen molar-refractivity contribution in [3.63, 3.8) is 0 Å². The van der Waals surface area contributed by atoms with Crippen molar-refractivity contribution in [3.8, 4) is 0 Å². The average Bonchev–Trinajstić information content (AvgIpc) is 2.57. The first-order valence-electron chi connectivity index (χ1n) is 9.10. The molecule has 0 aromatic heterocycles. The van der Waals surface area contributed by atoms with E-state index in [9.17, 15) is 9.36 Å². The minimum absolute atomic E-state index is 0.0549. The second kappa shape index (κ2) is 12.5. The van der Waals surface area contributed by atoms with Crippen LogP contribution in [0.15, 0.2) is 0 Å². The maximum Gasteiger partial charge on any atom is 0.344 e. The van der Waals surface area contributed by atoms with E-state index in [-0.39, 0.29) is 25.6 Å². The molecule has 0 amide bonds. The Balaban J connectivity index is 2.94. The quantitative estimate of drug-likeness (QED) is 0.423. The van der Waals surface area contributed by atoms with Crippen LogP contribution >= 0.6 is 16.0 Å². The number of rotatable bonds is 13. The molecule has 1 aliphatic rings. The van der Waals surface area contributed by atoms with Crippen molar-refractivity contribution in [1.82, 2.24) is 0 Å². The summed E-state index contributed by atoms with van der Waals surface area (Å²) in [7, 11) is -5.02. The van der Waals surface area contributed by atoms with Crippen molar-refractivity contribution in [2.24, 2.45) is 0 Å². The van der Waals surface area contributed by atoms with E-state index in [4.69, 9.17) is 22.8 Å². The molecule has 0 bridgehead atoms. The third-order valence-electron chi connectivity index (χ3n) is 3.68. The summed E-state index contributed by atoms with van der Waals surface area (Å²) in [5.41, 5.74) is 0. The fourth-order valence-corrected chi connectivity index (χ4v) is 6.90. The van der Waals surface area contributed by atoms with Crippen molar-refractivity contribution in [2.45, 2.75) is 64.9 Å². The summed E-state index contributed by atoms with van der Waals surface area (Å²) in [5, 5.41) is -0.683. The van der Waals surface area contributed by atoms with E-state index in [1.165, 1.54) is 0 Å². The first kappa shape index (κ1) is 23.2. The Hall–Kier alpha value is 0.130. The highest BCUT2D eigenvalue weighted by molar-refractivity contribution is 7.69. The number of carbonyl (C=O) groups is 1. The molecule has 0 saturated heterocycles. The molecule has 0 aromatic carbocycles. The van der Waals surface area contributed by atoms with Gasteiger partial charge in [-0.2, -0.15) is 0 Å². The van der Waals surface area contributed by atoms with Crippen LogP contribution in [0.25, 0.3) is 0 Å². The maximum atomic E-state index is 13.3. The van der Waals surface area contributed by atoms with Crippen molar-refractivity contribution in [2.75, 3.05) is 33.0 Å². The fourth-order valence-electron chi connectivity index (χ4n) is 2.63. The summed E-state index contributed by atoms with van der Waals surface area (Å²) in [6.45, 7) is 8.61. The summed E-state index contributed by atoms with van der Waals surface area (Å²) in [6.07, 6.45) is 2.65. The van der Waals surface area contributed by atoms with Crippen LogP contribution in [-0.2, 0) is 32.2 Å². The third-order valence-corrected chi connectivity index (χ3v) is 8.87. The van der Waals surface area contributed by atoms with Gasteiger partial charge in [-0.1, -0.05) is 0 Å². The van der Waals surface area contributed by atoms with Gasteiger partial charge in [-0.25, -0.2) is 0 Å². The van der Waals surface area contributed by atoms with Gasteiger partial charge in [-0.3, -0.25) is 9.36 Å². The lowest BCUT2D eigenvalue weighted by Crippen LogP contribution is -2.31. The molecule has 1 saturated carbocycles. The predicted octanol–water partition coefficient (Wildman–Crippen LogP) is 4.49. The van der Waals surface area contributed by atoms with Gasteiger partial charge in [0.2, 0.25) is 0 Å². The summed E-state index contributed by atoms with van der Waals surface area (Å²) < 4.78 is 41.5. The molecule has 25 heavy (non-hydrogen) atoms. The molecule has 9 heteroatoms. The second-order valence-corrected chi connectivity index (χ2v) is 9.85. The van der Waals surface area contributed by atoms with Gasteiger partial charge in [0.05, 0.1) is 33.0 Å². The van der Waals surface area contributed by atoms with Crippen LogP contribution < -0.4 is 0 Å². The van der Waals surface area contributed by atoms with Crippen LogP contribution in [0, 0.1) is 0 Å². The highest BCUT2D eigenvalue weighted by atomic mass is 31.2. The lowest BCUT2D eigenvalue weighted by atomic mass is 9.96. The monoisotopic (exact) mass is 398 g/mol. The van der Waals surface area contributed by atoms with E-state index in [1.54, 1.807) is 13.8 Å². The number of ketones is 1. The Labute approximate surface area is 152 Å². The number of carbonyl (C=O) groups excluding carboxylic acids is 1. The van der Waals surface area contributed by atoms with Crippen molar-refractivity contribution >= 4 is 21.8 Å². The highest BCUT2D eigenvalue weighted by Gasteiger charge is 2.44. The molecule has 0 aromatic rings. The lowest BCUT2D eigenvalue weighted by molar-refractivity contribution is -0.133. The Kier molecular flexibility index (Phi) is 11.6. The number of ether oxygens (including phenoxy) is 1. The normalized spacial score (nSPS) is 20.2. The van der Waals surface area contributed by atoms with Gasteiger partial charge in [0, 0.05) is 6.42 Å². The summed E-state index contributed by atoms with van der Waals surface area (Å²) in [4.78, 5) is 12.0. The SMILES string of the molecule is CCOP(OCC)C(COC1CCCCC1=O)P(=O)(OCC)OCC. The van der Waals surface area contributed by atoms with Crippen LogP contribution in [0.4, 0.5) is 0 Å². The van der Waals surface area contributed by atoms with Crippen LogP contribution in [0.3, 0.4) is 0 Å². The summed E-state index contributed by atoms with van der Waals surface area (Å²) >= 11 is 0. The number of hydrogen-bond acceptors (Lipinski definition) is 7. The summed E-state index contributed by atoms with van der Waals surface area (Å²) in [5.74, 6) is 0.102. The van der Waals surface area contributed by atoms with Gasteiger partial charge in [0.1, 0.15) is 6.10 Å². The Morgan fingerprint density at radius 3 is 2.12 bits per heavy atom. The zero-order chi connectivity index (χ0) is 18.7. The predicted molar refractivity (Wildman–Crippen MR) is 98.0 cm³/mol. The van der Waals surface area contributed by atoms with Gasteiger partial charge >= 0.3 is 7.60 Å². The molecule has 0 spiro atoms. The molecule has 0 heterocycles. The van der Waals surface area contributed by atoms with Crippen LogP contribution in [-0.4, -0.2) is 50.3 Å². The first-order valence-corrected chi connectivity index (χ1v) is 12.0. The molecule has 2 unspecified atom stereocenters. The molecule has 1 fully saturated rings. The molecule has 148 valence electrons. The first-order chi connectivity index (χ1) is 12.0. The van der Waals surface area contributed by atoms with E-state index < -0.39 is 27.5 Å². The molecule has 0 radical (unpaired) electrons. The molecule has 1 aliphatic carbocycles. The van der Waals surface area contributed by atoms with Crippen LogP contribution in [0.5, 0.6) is 0 Å². The van der Waals surface area contributed by atoms with E-state index >= 15 is 0 Å². The maximum absolute atomic E-state index is 13.3. The number of hydrogen-bond donors (Lipinski definition) is 0. The van der Waals surface area contributed by atoms with Gasteiger partial charge in [0.25, 0.3) is 0 Å². The Morgan fingerprint density at radius 1 is 1.04 bits per heavy atom. The molecular formula is C16H32O7P2. The minimum atomic E-state index is -3.49. The molecular weight excluding hydrogens is 366 g/mol. The minimum Gasteiger partial charge on any atom is -0.369 e. The third kappa shape index (κ3) is 7.34. The number of Topliss-reactive ketones (excluding diaryl/α,β-unsaturated/α-hetero) is 1. The van der Waals surface area contributed by atoms with Gasteiger partial charge < -0.3 is 22.8 Å². The Bertz CT molecular complexity index is 417. The molecule has 0 aliphatic heterocycles. The topological polar surface area (TPSA) is 80.3 Å². The van der Waals surface area contributed by atoms with E-state index in [1.807, 2.05) is 13.8 Å². The Morgan fingerprint density at radius 2 is 1.64 bits per heavy atom. The highest BCUT2D eigenvalue weighted by Crippen LogP contribution is 2.66. The largest absolute Gasteiger partial charge is 0.369 e. The zero-order valence-corrected chi connectivity index (χ0v) is 17.6. The van der Waals surface area contributed by atoms with E-state index in [0.717, 1.165) is 12.8 Å². The molecule has 1 rings (SSSR count). The second-order valence-electron chi connectivity index (χ2n) is 5.51. The lowest BCUT2D eigenvalue weighted by Gasteiger charge is -2.32. The van der Waals surface area contributed by atoms with Gasteiger partial charge in [-0.05, 0) is 47.0 Å². The fraction of sp³-hybridized carbons (Fsp3) is 0.938. The summed E-state index contributed by atoms with van der Waals surface area (Å²) in [6, 6.07) is 0. The van der Waals surface area contributed by atoms with Crippen molar-refractivity contribution in [1.29, 1.82) is 0 Å². The smallest absolute Gasteiger partial charge is 0.344 e. The average molecular weight is 398 g/mol. The molecule has 2 atom stereocenters. The van der Waals surface area contributed by atoms with Gasteiger partial charge in [-0.15, -0.1) is 0 Å². The molecule has 7 nitrogen and oxygen atoms in total. The van der Waals surface area contributed by atoms with Crippen LogP contribution in [0.1, 0.15) is 53.4 Å². The van der Waals surface area contributed by atoms with Crippen molar-refractivity contribution in [3.05, 3.63) is 0 Å². The standard InChI is InChI=1S/C16H32O7P2/c1-5-20-24(21-6-2)16(25(18,22-7-3)23-8-4)13-19-15-12-10-9-11-14(15)17/h15-16H,5-13H2,1-4H3. The van der Waals surface area contributed by atoms with Gasteiger partial charge in [0.15, 0.2) is 19.6 Å². The van der Waals surface area contributed by atoms with Crippen molar-refractivity contribution < 1.29 is 32.2 Å². The van der Waals surface area contributed by atoms with E-state index in [2.05, 4.69) is 0 Å².